The number of aryl methyl sites for hydroxylation is 1. The van der Waals surface area contributed by atoms with Crippen molar-refractivity contribution in [3.05, 3.63) is 65.7 Å². The number of pyridine rings is 1. The van der Waals surface area contributed by atoms with Crippen LogP contribution in [0, 0.1) is 13.8 Å². The van der Waals surface area contributed by atoms with Gasteiger partial charge in [0, 0.05) is 28.5 Å². The van der Waals surface area contributed by atoms with Crippen molar-refractivity contribution < 1.29 is 9.15 Å². The van der Waals surface area contributed by atoms with Crippen molar-refractivity contribution in [1.29, 1.82) is 0 Å². The number of hydrogen-bond acceptors (Lipinski definition) is 7. The Bertz CT molecular complexity index is 1360. The monoisotopic (exact) mass is 417 g/mol. The van der Waals surface area contributed by atoms with Crippen LogP contribution in [0.3, 0.4) is 0 Å². The maximum absolute atomic E-state index is 5.65. The molecule has 1 aromatic carbocycles. The summed E-state index contributed by atoms with van der Waals surface area (Å²) in [5.41, 5.74) is 4.61. The topological polar surface area (TPSA) is 78.3 Å². The molecule has 0 atom stereocenters. The smallest absolute Gasteiger partial charge is 0.197 e. The number of nitrogens with zero attached hydrogens (tertiary/aromatic N) is 5. The number of furan rings is 1. The molecule has 0 saturated heterocycles. The van der Waals surface area contributed by atoms with Crippen LogP contribution in [0.25, 0.3) is 28.1 Å². The molecule has 5 aromatic rings. The maximum atomic E-state index is 5.65. The normalized spacial score (nSPS) is 11.4. The number of rotatable bonds is 5. The molecular formula is C22H19N5O2S. The van der Waals surface area contributed by atoms with E-state index in [2.05, 4.69) is 15.2 Å². The first-order valence-electron chi connectivity index (χ1n) is 9.47. The summed E-state index contributed by atoms with van der Waals surface area (Å²) in [7, 11) is 1.69. The lowest BCUT2D eigenvalue weighted by molar-refractivity contribution is 0.407. The second-order valence-corrected chi connectivity index (χ2v) is 7.85. The van der Waals surface area contributed by atoms with Gasteiger partial charge in [0.15, 0.2) is 22.4 Å². The van der Waals surface area contributed by atoms with E-state index in [9.17, 15) is 0 Å². The fourth-order valence-corrected chi connectivity index (χ4v) is 4.53. The molecule has 5 rings (SSSR count). The Morgan fingerprint density at radius 2 is 1.97 bits per heavy atom. The van der Waals surface area contributed by atoms with Crippen molar-refractivity contribution in [2.24, 2.45) is 0 Å². The molecule has 150 valence electrons. The van der Waals surface area contributed by atoms with E-state index in [1.807, 2.05) is 60.8 Å². The van der Waals surface area contributed by atoms with Crippen LogP contribution in [0.1, 0.15) is 16.8 Å². The van der Waals surface area contributed by atoms with Crippen molar-refractivity contribution in [2.75, 3.05) is 7.11 Å². The molecule has 0 radical (unpaired) electrons. The Kier molecular flexibility index (Phi) is 4.63. The van der Waals surface area contributed by atoms with Crippen LogP contribution in [-0.4, -0.2) is 31.7 Å². The lowest BCUT2D eigenvalue weighted by Gasteiger charge is -2.12. The van der Waals surface area contributed by atoms with Crippen LogP contribution in [0.2, 0.25) is 0 Å². The number of methoxy groups -OCH3 is 1. The van der Waals surface area contributed by atoms with Gasteiger partial charge < -0.3 is 9.15 Å². The van der Waals surface area contributed by atoms with Gasteiger partial charge in [0.05, 0.1) is 24.6 Å². The third-order valence-corrected chi connectivity index (χ3v) is 5.99. The minimum Gasteiger partial charge on any atom is -0.496 e. The van der Waals surface area contributed by atoms with Crippen LogP contribution < -0.4 is 4.74 Å². The van der Waals surface area contributed by atoms with Gasteiger partial charge in [0.25, 0.3) is 0 Å². The van der Waals surface area contributed by atoms with Gasteiger partial charge in [0.1, 0.15) is 5.75 Å². The summed E-state index contributed by atoms with van der Waals surface area (Å²) in [5, 5.41) is 10.6. The van der Waals surface area contributed by atoms with E-state index in [0.29, 0.717) is 17.3 Å². The summed E-state index contributed by atoms with van der Waals surface area (Å²) in [5.74, 6) is 2.84. The average Bonchev–Trinajstić information content (AvgIpc) is 3.44. The first-order chi connectivity index (χ1) is 14.7. The van der Waals surface area contributed by atoms with Crippen LogP contribution in [0.15, 0.2) is 58.4 Å². The van der Waals surface area contributed by atoms with Crippen LogP contribution in [-0.2, 0) is 5.75 Å². The minimum absolute atomic E-state index is 0.633. The fourth-order valence-electron chi connectivity index (χ4n) is 3.57. The quantitative estimate of drug-likeness (QED) is 0.378. The van der Waals surface area contributed by atoms with E-state index in [0.717, 1.165) is 44.3 Å². The number of thioether (sulfide) groups is 1. The molecule has 0 N–H and O–H groups in total. The SMILES string of the molecule is COc1c(C)cnc(CSc2nnc3c4ccccc4nc(-c4ccco4)n23)c1C. The van der Waals surface area contributed by atoms with Gasteiger partial charge in [-0.2, -0.15) is 0 Å². The summed E-state index contributed by atoms with van der Waals surface area (Å²) in [6, 6.07) is 11.6. The highest BCUT2D eigenvalue weighted by Gasteiger charge is 2.19. The lowest BCUT2D eigenvalue weighted by Crippen LogP contribution is -2.01. The van der Waals surface area contributed by atoms with Gasteiger partial charge in [-0.05, 0) is 38.1 Å². The Morgan fingerprint density at radius 1 is 1.10 bits per heavy atom. The van der Waals surface area contributed by atoms with E-state index >= 15 is 0 Å². The molecule has 4 aromatic heterocycles. The largest absolute Gasteiger partial charge is 0.496 e. The molecule has 7 nitrogen and oxygen atoms in total. The number of fused-ring (bicyclic) bond motifs is 3. The van der Waals surface area contributed by atoms with Gasteiger partial charge >= 0.3 is 0 Å². The zero-order valence-electron chi connectivity index (χ0n) is 16.8. The van der Waals surface area contributed by atoms with Crippen molar-refractivity contribution >= 4 is 28.3 Å². The van der Waals surface area contributed by atoms with Crippen molar-refractivity contribution in [1.82, 2.24) is 24.6 Å². The van der Waals surface area contributed by atoms with E-state index < -0.39 is 0 Å². The molecule has 0 aliphatic heterocycles. The predicted molar refractivity (Wildman–Crippen MR) is 116 cm³/mol. The predicted octanol–water partition coefficient (Wildman–Crippen LogP) is 4.85. The van der Waals surface area contributed by atoms with Gasteiger partial charge in [-0.3, -0.25) is 9.38 Å². The number of ether oxygens (including phenoxy) is 1. The Morgan fingerprint density at radius 3 is 2.77 bits per heavy atom. The van der Waals surface area contributed by atoms with E-state index in [1.165, 1.54) is 0 Å². The van der Waals surface area contributed by atoms with Crippen LogP contribution >= 0.6 is 11.8 Å². The number of benzene rings is 1. The van der Waals surface area contributed by atoms with E-state index in [1.54, 1.807) is 25.1 Å². The Balaban J connectivity index is 1.62. The van der Waals surface area contributed by atoms with Gasteiger partial charge in [0.2, 0.25) is 0 Å². The van der Waals surface area contributed by atoms with Crippen molar-refractivity contribution in [3.63, 3.8) is 0 Å². The summed E-state index contributed by atoms with van der Waals surface area (Å²) in [4.78, 5) is 9.43. The second kappa shape index (κ2) is 7.46. The highest BCUT2D eigenvalue weighted by Crippen LogP contribution is 2.32. The number of aromatic nitrogens is 5. The molecule has 0 aliphatic rings. The molecule has 4 heterocycles. The first kappa shape index (κ1) is 18.6. The third-order valence-electron chi connectivity index (χ3n) is 5.05. The van der Waals surface area contributed by atoms with Crippen molar-refractivity contribution in [2.45, 2.75) is 24.8 Å². The molecule has 8 heteroatoms. The molecule has 0 fully saturated rings. The third kappa shape index (κ3) is 3.00. The number of para-hydroxylation sites is 1. The molecule has 0 amide bonds. The molecule has 0 unspecified atom stereocenters. The van der Waals surface area contributed by atoms with Gasteiger partial charge in [-0.1, -0.05) is 23.9 Å². The molecule has 0 bridgehead atoms. The average molecular weight is 417 g/mol. The second-order valence-electron chi connectivity index (χ2n) is 6.91. The summed E-state index contributed by atoms with van der Waals surface area (Å²) >= 11 is 1.56. The van der Waals surface area contributed by atoms with E-state index in [-0.39, 0.29) is 0 Å². The zero-order valence-corrected chi connectivity index (χ0v) is 17.6. The minimum atomic E-state index is 0.633. The molecule has 0 saturated carbocycles. The fraction of sp³-hybridized carbons (Fsp3) is 0.182. The summed E-state index contributed by atoms with van der Waals surface area (Å²) < 4.78 is 13.1. The summed E-state index contributed by atoms with van der Waals surface area (Å²) in [6.07, 6.45) is 3.48. The highest BCUT2D eigenvalue weighted by atomic mass is 32.2. The van der Waals surface area contributed by atoms with Gasteiger partial charge in [-0.25, -0.2) is 4.98 Å². The summed E-state index contributed by atoms with van der Waals surface area (Å²) in [6.45, 7) is 4.02. The standard InChI is InChI=1S/C22H19N5O2S/c1-13-11-23-17(14(2)19(13)28-3)12-30-22-26-25-20-15-7-4-5-8-16(15)24-21(27(20)22)18-9-6-10-29-18/h4-11H,12H2,1-3H3. The van der Waals surface area contributed by atoms with Crippen molar-refractivity contribution in [3.8, 4) is 17.3 Å². The molecule has 30 heavy (non-hydrogen) atoms. The molecular weight excluding hydrogens is 398 g/mol. The zero-order chi connectivity index (χ0) is 20.7. The Labute approximate surface area is 177 Å². The van der Waals surface area contributed by atoms with Crippen LogP contribution in [0.5, 0.6) is 5.75 Å². The van der Waals surface area contributed by atoms with E-state index in [4.69, 9.17) is 14.1 Å². The Hall–Kier alpha value is -3.39. The molecule has 0 spiro atoms. The maximum Gasteiger partial charge on any atom is 0.197 e. The highest BCUT2D eigenvalue weighted by molar-refractivity contribution is 7.98. The lowest BCUT2D eigenvalue weighted by atomic mass is 10.1. The number of hydrogen-bond donors (Lipinski definition) is 0. The first-order valence-corrected chi connectivity index (χ1v) is 10.5. The van der Waals surface area contributed by atoms with Crippen LogP contribution in [0.4, 0.5) is 0 Å². The molecule has 0 aliphatic carbocycles. The van der Waals surface area contributed by atoms with Gasteiger partial charge in [-0.15, -0.1) is 10.2 Å².